The SMILES string of the molecule is COCC1CCN(C[C@H]2C[C@@H]2c2ccccc2)C1. The van der Waals surface area contributed by atoms with E-state index >= 15 is 0 Å². The number of nitrogens with zero attached hydrogens (tertiary/aromatic N) is 1. The molecule has 98 valence electrons. The smallest absolute Gasteiger partial charge is 0.0503 e. The van der Waals surface area contributed by atoms with Crippen molar-refractivity contribution in [3.8, 4) is 0 Å². The van der Waals surface area contributed by atoms with Gasteiger partial charge in [-0.25, -0.2) is 0 Å². The van der Waals surface area contributed by atoms with E-state index in [-0.39, 0.29) is 0 Å². The molecule has 0 bridgehead atoms. The molecule has 1 saturated carbocycles. The fourth-order valence-electron chi connectivity index (χ4n) is 3.34. The second-order valence-electron chi connectivity index (χ2n) is 5.88. The van der Waals surface area contributed by atoms with Crippen molar-refractivity contribution < 1.29 is 4.74 Å². The van der Waals surface area contributed by atoms with Crippen LogP contribution in [0.4, 0.5) is 0 Å². The first-order valence-electron chi connectivity index (χ1n) is 7.13. The van der Waals surface area contributed by atoms with Crippen LogP contribution in [0.15, 0.2) is 30.3 Å². The predicted molar refractivity (Wildman–Crippen MR) is 73.7 cm³/mol. The molecule has 0 aromatic heterocycles. The molecular formula is C16H23NO. The molecule has 1 aliphatic carbocycles. The maximum absolute atomic E-state index is 5.26. The Balaban J connectivity index is 1.46. The van der Waals surface area contributed by atoms with Crippen molar-refractivity contribution in [3.63, 3.8) is 0 Å². The third-order valence-corrected chi connectivity index (χ3v) is 4.42. The molecule has 0 spiro atoms. The van der Waals surface area contributed by atoms with Gasteiger partial charge in [0.05, 0.1) is 6.61 Å². The Morgan fingerprint density at radius 2 is 2.11 bits per heavy atom. The molecule has 1 aromatic rings. The summed E-state index contributed by atoms with van der Waals surface area (Å²) in [6.07, 6.45) is 2.70. The van der Waals surface area contributed by atoms with Crippen molar-refractivity contribution in [2.24, 2.45) is 11.8 Å². The third-order valence-electron chi connectivity index (χ3n) is 4.42. The van der Waals surface area contributed by atoms with Crippen molar-refractivity contribution in [1.29, 1.82) is 0 Å². The van der Waals surface area contributed by atoms with E-state index in [0.29, 0.717) is 0 Å². The van der Waals surface area contributed by atoms with Gasteiger partial charge in [-0.05, 0) is 42.7 Å². The first-order chi connectivity index (χ1) is 8.86. The summed E-state index contributed by atoms with van der Waals surface area (Å²) in [5.41, 5.74) is 1.54. The quantitative estimate of drug-likeness (QED) is 0.791. The lowest BCUT2D eigenvalue weighted by Gasteiger charge is -2.15. The monoisotopic (exact) mass is 245 g/mol. The van der Waals surface area contributed by atoms with E-state index in [1.54, 1.807) is 0 Å². The van der Waals surface area contributed by atoms with E-state index in [9.17, 15) is 0 Å². The van der Waals surface area contributed by atoms with Gasteiger partial charge in [-0.2, -0.15) is 0 Å². The Labute approximate surface area is 110 Å². The minimum atomic E-state index is 0.768. The third kappa shape index (κ3) is 2.76. The van der Waals surface area contributed by atoms with Crippen LogP contribution in [0.25, 0.3) is 0 Å². The van der Waals surface area contributed by atoms with E-state index < -0.39 is 0 Å². The molecule has 1 unspecified atom stereocenters. The first kappa shape index (κ1) is 12.2. The lowest BCUT2D eigenvalue weighted by atomic mass is 10.1. The highest BCUT2D eigenvalue weighted by Gasteiger charge is 2.40. The molecule has 18 heavy (non-hydrogen) atoms. The highest BCUT2D eigenvalue weighted by molar-refractivity contribution is 5.25. The van der Waals surface area contributed by atoms with Crippen molar-refractivity contribution in [2.45, 2.75) is 18.8 Å². The average molecular weight is 245 g/mol. The second kappa shape index (κ2) is 5.41. The summed E-state index contributed by atoms with van der Waals surface area (Å²) in [6, 6.07) is 11.0. The van der Waals surface area contributed by atoms with Gasteiger partial charge in [0.1, 0.15) is 0 Å². The van der Waals surface area contributed by atoms with Gasteiger partial charge in [-0.15, -0.1) is 0 Å². The van der Waals surface area contributed by atoms with Crippen LogP contribution in [0, 0.1) is 11.8 Å². The van der Waals surface area contributed by atoms with E-state index in [1.807, 2.05) is 7.11 Å². The molecule has 2 heteroatoms. The lowest BCUT2D eigenvalue weighted by molar-refractivity contribution is 0.152. The average Bonchev–Trinajstić information content (AvgIpc) is 3.02. The molecular weight excluding hydrogens is 222 g/mol. The molecule has 1 aromatic carbocycles. The van der Waals surface area contributed by atoms with Gasteiger partial charge >= 0.3 is 0 Å². The second-order valence-corrected chi connectivity index (χ2v) is 5.88. The van der Waals surface area contributed by atoms with Crippen LogP contribution in [-0.2, 0) is 4.74 Å². The van der Waals surface area contributed by atoms with Crippen molar-refractivity contribution >= 4 is 0 Å². The molecule has 1 aliphatic heterocycles. The summed E-state index contributed by atoms with van der Waals surface area (Å²) in [5, 5.41) is 0. The van der Waals surface area contributed by atoms with Crippen LogP contribution < -0.4 is 0 Å². The summed E-state index contributed by atoms with van der Waals surface area (Å²) in [4.78, 5) is 2.64. The molecule has 2 aliphatic rings. The van der Waals surface area contributed by atoms with Gasteiger partial charge < -0.3 is 9.64 Å². The molecule has 2 fully saturated rings. The Bertz CT molecular complexity index is 378. The number of hydrogen-bond acceptors (Lipinski definition) is 2. The Morgan fingerprint density at radius 3 is 2.89 bits per heavy atom. The van der Waals surface area contributed by atoms with Gasteiger partial charge in [-0.1, -0.05) is 30.3 Å². The van der Waals surface area contributed by atoms with Crippen LogP contribution in [-0.4, -0.2) is 38.3 Å². The zero-order valence-corrected chi connectivity index (χ0v) is 11.2. The summed E-state index contributed by atoms with van der Waals surface area (Å²) >= 11 is 0. The van der Waals surface area contributed by atoms with Gasteiger partial charge in [0.25, 0.3) is 0 Å². The maximum Gasteiger partial charge on any atom is 0.0503 e. The minimum absolute atomic E-state index is 0.768. The predicted octanol–water partition coefficient (Wildman–Crippen LogP) is 2.76. The number of hydrogen-bond donors (Lipinski definition) is 0. The zero-order chi connectivity index (χ0) is 12.4. The number of rotatable bonds is 5. The zero-order valence-electron chi connectivity index (χ0n) is 11.2. The first-order valence-corrected chi connectivity index (χ1v) is 7.13. The van der Waals surface area contributed by atoms with E-state index in [1.165, 1.54) is 38.0 Å². The normalized spacial score (nSPS) is 31.7. The van der Waals surface area contributed by atoms with Crippen LogP contribution in [0.3, 0.4) is 0 Å². The molecule has 3 atom stereocenters. The fourth-order valence-corrected chi connectivity index (χ4v) is 3.34. The Hall–Kier alpha value is -0.860. The van der Waals surface area contributed by atoms with E-state index in [2.05, 4.69) is 35.2 Å². The van der Waals surface area contributed by atoms with Gasteiger partial charge in [0.15, 0.2) is 0 Å². The Morgan fingerprint density at radius 1 is 1.28 bits per heavy atom. The van der Waals surface area contributed by atoms with Crippen LogP contribution in [0.2, 0.25) is 0 Å². The van der Waals surface area contributed by atoms with Crippen LogP contribution in [0.1, 0.15) is 24.3 Å². The highest BCUT2D eigenvalue weighted by Crippen LogP contribution is 2.48. The number of ether oxygens (including phenoxy) is 1. The van der Waals surface area contributed by atoms with Gasteiger partial charge in [-0.3, -0.25) is 0 Å². The summed E-state index contributed by atoms with van der Waals surface area (Å²) in [6.45, 7) is 4.74. The summed E-state index contributed by atoms with van der Waals surface area (Å²) < 4.78 is 5.26. The molecule has 0 N–H and O–H groups in total. The van der Waals surface area contributed by atoms with Crippen LogP contribution in [0.5, 0.6) is 0 Å². The molecule has 1 saturated heterocycles. The van der Waals surface area contributed by atoms with Crippen molar-refractivity contribution in [2.75, 3.05) is 33.4 Å². The largest absolute Gasteiger partial charge is 0.384 e. The van der Waals surface area contributed by atoms with Crippen molar-refractivity contribution in [1.82, 2.24) is 4.90 Å². The fraction of sp³-hybridized carbons (Fsp3) is 0.625. The summed E-state index contributed by atoms with van der Waals surface area (Å²) in [5.74, 6) is 2.49. The standard InChI is InChI=1S/C16H23NO/c1-18-12-13-7-8-17(10-13)11-15-9-16(15)14-5-3-2-4-6-14/h2-6,13,15-16H,7-12H2,1H3/t13?,15-,16-/m1/s1. The molecule has 2 nitrogen and oxygen atoms in total. The molecule has 1 heterocycles. The number of likely N-dealkylation sites (tertiary alicyclic amines) is 1. The molecule has 0 radical (unpaired) electrons. The lowest BCUT2D eigenvalue weighted by Crippen LogP contribution is -2.24. The van der Waals surface area contributed by atoms with Gasteiger partial charge in [0.2, 0.25) is 0 Å². The topological polar surface area (TPSA) is 12.5 Å². The highest BCUT2D eigenvalue weighted by atomic mass is 16.5. The van der Waals surface area contributed by atoms with Crippen molar-refractivity contribution in [3.05, 3.63) is 35.9 Å². The summed E-state index contributed by atoms with van der Waals surface area (Å²) in [7, 11) is 1.81. The van der Waals surface area contributed by atoms with Gasteiger partial charge in [0, 0.05) is 20.2 Å². The maximum atomic E-state index is 5.26. The number of benzene rings is 1. The molecule has 0 amide bonds. The van der Waals surface area contributed by atoms with E-state index in [0.717, 1.165) is 24.4 Å². The number of methoxy groups -OCH3 is 1. The van der Waals surface area contributed by atoms with E-state index in [4.69, 9.17) is 4.74 Å². The minimum Gasteiger partial charge on any atom is -0.384 e. The Kier molecular flexibility index (Phi) is 3.67. The van der Waals surface area contributed by atoms with Crippen LogP contribution >= 0.6 is 0 Å². The molecule has 3 rings (SSSR count).